The molecule has 7 nitrogen and oxygen atoms in total. The summed E-state index contributed by atoms with van der Waals surface area (Å²) in [7, 11) is 0. The van der Waals surface area contributed by atoms with E-state index in [1.54, 1.807) is 10.8 Å². The zero-order valence-electron chi connectivity index (χ0n) is 11.5. The van der Waals surface area contributed by atoms with Crippen LogP contribution in [0.1, 0.15) is 32.1 Å². The fourth-order valence-corrected chi connectivity index (χ4v) is 2.44. The molecule has 3 atom stereocenters. The number of aliphatic hydroxyl groups excluding tert-OH is 1. The summed E-state index contributed by atoms with van der Waals surface area (Å²) in [6.07, 6.45) is 1.51. The molecule has 1 aromatic rings. The molecule has 3 heterocycles. The van der Waals surface area contributed by atoms with E-state index in [0.717, 1.165) is 0 Å². The monoisotopic (exact) mass is 282 g/mol. The van der Waals surface area contributed by atoms with Crippen LogP contribution in [-0.2, 0) is 16.1 Å². The summed E-state index contributed by atoms with van der Waals surface area (Å²) < 4.78 is 18.4. The van der Waals surface area contributed by atoms with E-state index in [4.69, 9.17) is 14.2 Å². The van der Waals surface area contributed by atoms with Crippen LogP contribution in [-0.4, -0.2) is 39.6 Å². The maximum Gasteiger partial charge on any atom is 0.302 e. The standard InChI is InChI=1S/C13H18N2O5/c1-7(2)18-6-8-4-15-11-3-9(10(5-16)19-11)20-13(15)14-12(8)17/h4,7,9-11,16H,3,5-6H2,1-2H3/t9-,10-,11-/m1/s1. The molecule has 0 spiro atoms. The number of aromatic nitrogens is 2. The van der Waals surface area contributed by atoms with Crippen LogP contribution in [0.25, 0.3) is 0 Å². The summed E-state index contributed by atoms with van der Waals surface area (Å²) in [4.78, 5) is 15.9. The van der Waals surface area contributed by atoms with Crippen molar-refractivity contribution in [1.82, 2.24) is 9.55 Å². The SMILES string of the molecule is CC(C)OCc1cn2c(nc1=O)O[C@@H]1C[C@H]2O[C@@H]1CO. The zero-order chi connectivity index (χ0) is 14.3. The van der Waals surface area contributed by atoms with Crippen molar-refractivity contribution >= 4 is 0 Å². The molecular weight excluding hydrogens is 264 g/mol. The summed E-state index contributed by atoms with van der Waals surface area (Å²) in [6.45, 7) is 3.92. The molecule has 20 heavy (non-hydrogen) atoms. The van der Waals surface area contributed by atoms with E-state index in [2.05, 4.69) is 4.98 Å². The highest BCUT2D eigenvalue weighted by atomic mass is 16.6. The van der Waals surface area contributed by atoms with Crippen molar-refractivity contribution in [3.05, 3.63) is 22.1 Å². The van der Waals surface area contributed by atoms with E-state index in [-0.39, 0.29) is 49.3 Å². The Balaban J connectivity index is 1.88. The van der Waals surface area contributed by atoms with Crippen molar-refractivity contribution in [3.8, 4) is 6.01 Å². The van der Waals surface area contributed by atoms with Crippen molar-refractivity contribution in [3.63, 3.8) is 0 Å². The number of rotatable bonds is 4. The Morgan fingerprint density at radius 1 is 1.60 bits per heavy atom. The summed E-state index contributed by atoms with van der Waals surface area (Å²) in [5.41, 5.74) is 0.124. The van der Waals surface area contributed by atoms with Crippen LogP contribution in [0, 0.1) is 0 Å². The Morgan fingerprint density at radius 3 is 3.10 bits per heavy atom. The summed E-state index contributed by atoms with van der Waals surface area (Å²) >= 11 is 0. The number of hydrogen-bond donors (Lipinski definition) is 1. The Kier molecular flexibility index (Phi) is 3.49. The first-order valence-corrected chi connectivity index (χ1v) is 6.75. The van der Waals surface area contributed by atoms with Gasteiger partial charge in [-0.3, -0.25) is 9.36 Å². The predicted molar refractivity (Wildman–Crippen MR) is 68.5 cm³/mol. The Bertz CT molecular complexity index is 556. The number of hydrogen-bond acceptors (Lipinski definition) is 6. The van der Waals surface area contributed by atoms with E-state index >= 15 is 0 Å². The first kappa shape index (κ1) is 13.5. The highest BCUT2D eigenvalue weighted by molar-refractivity contribution is 5.14. The third-order valence-corrected chi connectivity index (χ3v) is 3.49. The van der Waals surface area contributed by atoms with Crippen molar-refractivity contribution in [2.24, 2.45) is 0 Å². The van der Waals surface area contributed by atoms with Crippen molar-refractivity contribution in [1.29, 1.82) is 0 Å². The van der Waals surface area contributed by atoms with Crippen LogP contribution in [0.15, 0.2) is 11.0 Å². The van der Waals surface area contributed by atoms with Gasteiger partial charge in [-0.1, -0.05) is 0 Å². The minimum Gasteiger partial charge on any atom is -0.458 e. The molecule has 3 rings (SSSR count). The first-order valence-electron chi connectivity index (χ1n) is 6.75. The van der Waals surface area contributed by atoms with Gasteiger partial charge in [0.05, 0.1) is 24.9 Å². The van der Waals surface area contributed by atoms with Crippen LogP contribution in [0.4, 0.5) is 0 Å². The van der Waals surface area contributed by atoms with Gasteiger partial charge in [-0.2, -0.15) is 4.98 Å². The second-order valence-electron chi connectivity index (χ2n) is 5.32. The topological polar surface area (TPSA) is 82.8 Å². The van der Waals surface area contributed by atoms with Crippen LogP contribution >= 0.6 is 0 Å². The largest absolute Gasteiger partial charge is 0.458 e. The number of fused-ring (bicyclic) bond motifs is 4. The molecule has 2 bridgehead atoms. The Labute approximate surface area is 116 Å². The van der Waals surface area contributed by atoms with Crippen LogP contribution < -0.4 is 10.3 Å². The van der Waals surface area contributed by atoms with Crippen LogP contribution in [0.3, 0.4) is 0 Å². The molecule has 0 aliphatic carbocycles. The van der Waals surface area contributed by atoms with E-state index < -0.39 is 0 Å². The fraction of sp³-hybridized carbons (Fsp3) is 0.692. The lowest BCUT2D eigenvalue weighted by molar-refractivity contribution is -0.0249. The molecule has 0 amide bonds. The summed E-state index contributed by atoms with van der Waals surface area (Å²) in [5.74, 6) is 0. The molecule has 0 unspecified atom stereocenters. The minimum atomic E-state index is -0.368. The Hall–Kier alpha value is -1.44. The molecule has 0 radical (unpaired) electrons. The van der Waals surface area contributed by atoms with E-state index in [0.29, 0.717) is 12.0 Å². The molecule has 0 aromatic carbocycles. The highest BCUT2D eigenvalue weighted by Crippen LogP contribution is 2.37. The molecule has 7 heteroatoms. The normalized spacial score (nSPS) is 27.5. The molecule has 0 saturated carbocycles. The van der Waals surface area contributed by atoms with E-state index in [1.165, 1.54) is 0 Å². The van der Waals surface area contributed by atoms with Gasteiger partial charge in [-0.25, -0.2) is 0 Å². The van der Waals surface area contributed by atoms with Crippen LogP contribution in [0.5, 0.6) is 6.01 Å². The quantitative estimate of drug-likeness (QED) is 0.850. The minimum absolute atomic E-state index is 0.0394. The Morgan fingerprint density at radius 2 is 2.40 bits per heavy atom. The maximum atomic E-state index is 11.9. The molecule has 110 valence electrons. The van der Waals surface area contributed by atoms with E-state index in [9.17, 15) is 9.90 Å². The van der Waals surface area contributed by atoms with E-state index in [1.807, 2.05) is 13.8 Å². The second-order valence-corrected chi connectivity index (χ2v) is 5.32. The van der Waals surface area contributed by atoms with Gasteiger partial charge in [0.15, 0.2) is 0 Å². The lowest BCUT2D eigenvalue weighted by atomic mass is 10.1. The van der Waals surface area contributed by atoms with Crippen molar-refractivity contribution in [2.45, 2.75) is 51.4 Å². The fourth-order valence-electron chi connectivity index (χ4n) is 2.44. The summed E-state index contributed by atoms with van der Waals surface area (Å²) in [5, 5.41) is 9.23. The average Bonchev–Trinajstić information content (AvgIpc) is 2.74. The third-order valence-electron chi connectivity index (χ3n) is 3.49. The molecular formula is C13H18N2O5. The number of ether oxygens (including phenoxy) is 3. The molecule has 1 aromatic heterocycles. The smallest absolute Gasteiger partial charge is 0.302 e. The van der Waals surface area contributed by atoms with Gasteiger partial charge < -0.3 is 19.3 Å². The molecule has 1 fully saturated rings. The third kappa shape index (κ3) is 2.32. The van der Waals surface area contributed by atoms with Gasteiger partial charge in [-0.05, 0) is 13.8 Å². The lowest BCUT2D eigenvalue weighted by Crippen LogP contribution is -2.33. The van der Waals surface area contributed by atoms with Gasteiger partial charge in [0.25, 0.3) is 5.56 Å². The lowest BCUT2D eigenvalue weighted by Gasteiger charge is -2.24. The predicted octanol–water partition coefficient (Wildman–Crippen LogP) is 0.209. The molecule has 1 N–H and O–H groups in total. The maximum absolute atomic E-state index is 11.9. The molecule has 1 saturated heterocycles. The van der Waals surface area contributed by atoms with Crippen molar-refractivity contribution < 1.29 is 19.3 Å². The van der Waals surface area contributed by atoms with Gasteiger partial charge in [-0.15, -0.1) is 0 Å². The van der Waals surface area contributed by atoms with Gasteiger partial charge in [0.2, 0.25) is 0 Å². The second kappa shape index (κ2) is 5.16. The highest BCUT2D eigenvalue weighted by Gasteiger charge is 2.42. The average molecular weight is 282 g/mol. The van der Waals surface area contributed by atoms with Gasteiger partial charge in [0.1, 0.15) is 18.4 Å². The summed E-state index contributed by atoms with van der Waals surface area (Å²) in [6, 6.07) is 0.250. The first-order chi connectivity index (χ1) is 9.58. The molecule has 2 aliphatic heterocycles. The number of aliphatic hydroxyl groups is 1. The van der Waals surface area contributed by atoms with Gasteiger partial charge >= 0.3 is 6.01 Å². The zero-order valence-corrected chi connectivity index (χ0v) is 11.5. The van der Waals surface area contributed by atoms with Crippen LogP contribution in [0.2, 0.25) is 0 Å². The van der Waals surface area contributed by atoms with Gasteiger partial charge in [0, 0.05) is 12.6 Å². The van der Waals surface area contributed by atoms with Crippen molar-refractivity contribution in [2.75, 3.05) is 6.61 Å². The molecule has 2 aliphatic rings. The number of nitrogens with zero attached hydrogens (tertiary/aromatic N) is 2.